The lowest BCUT2D eigenvalue weighted by molar-refractivity contribution is -0.135. The lowest BCUT2D eigenvalue weighted by Gasteiger charge is -2.24. The molecule has 3 aromatic carbocycles. The van der Waals surface area contributed by atoms with Crippen LogP contribution in [0.5, 0.6) is 28.7 Å². The van der Waals surface area contributed by atoms with Gasteiger partial charge in [-0.3, -0.25) is 9.59 Å². The van der Waals surface area contributed by atoms with Gasteiger partial charge in [-0.2, -0.15) is 0 Å². The van der Waals surface area contributed by atoms with Gasteiger partial charge < -0.3 is 34.0 Å². The summed E-state index contributed by atoms with van der Waals surface area (Å²) in [5.41, 5.74) is 0.161. The minimum absolute atomic E-state index is 0.0164. The smallest absolute Gasteiger partial charge is 0.312 e. The standard InChI is InChI=1S/C28H18O9/c29-16-7-6-14(10-17(16)30)27-26(34)25(33)24-18(31)12-21-23(28(24)37-27)15(11-22(32)36-21)20-9-8-19(35-20)13-4-2-1-3-5-13/h1-10,12,15,29-31,34H,11H2. The predicted molar refractivity (Wildman–Crippen MR) is 131 cm³/mol. The Kier molecular flexibility index (Phi) is 4.94. The third-order valence-corrected chi connectivity index (χ3v) is 6.33. The summed E-state index contributed by atoms with van der Waals surface area (Å²) in [6, 6.07) is 17.6. The average molecular weight is 498 g/mol. The van der Waals surface area contributed by atoms with Crippen molar-refractivity contribution in [3.63, 3.8) is 0 Å². The molecule has 37 heavy (non-hydrogen) atoms. The number of carbonyl (C=O) groups is 1. The minimum Gasteiger partial charge on any atom is -0.507 e. The molecule has 0 amide bonds. The monoisotopic (exact) mass is 498 g/mol. The van der Waals surface area contributed by atoms with Crippen molar-refractivity contribution >= 4 is 16.9 Å². The van der Waals surface area contributed by atoms with Crippen LogP contribution in [0.4, 0.5) is 0 Å². The van der Waals surface area contributed by atoms with E-state index in [9.17, 15) is 30.0 Å². The Labute approximate surface area is 208 Å². The highest BCUT2D eigenvalue weighted by atomic mass is 16.5. The number of benzene rings is 3. The molecule has 0 radical (unpaired) electrons. The first-order chi connectivity index (χ1) is 17.8. The lowest BCUT2D eigenvalue weighted by atomic mass is 9.88. The number of furan rings is 1. The largest absolute Gasteiger partial charge is 0.507 e. The molecule has 0 aliphatic carbocycles. The first kappa shape index (κ1) is 22.3. The highest BCUT2D eigenvalue weighted by Crippen LogP contribution is 2.48. The van der Waals surface area contributed by atoms with Gasteiger partial charge in [0.15, 0.2) is 17.3 Å². The number of carbonyl (C=O) groups excluding carboxylic acids is 1. The summed E-state index contributed by atoms with van der Waals surface area (Å²) in [6.45, 7) is 0. The molecule has 184 valence electrons. The molecule has 2 aromatic heterocycles. The van der Waals surface area contributed by atoms with E-state index in [-0.39, 0.29) is 40.0 Å². The molecule has 0 spiro atoms. The third-order valence-electron chi connectivity index (χ3n) is 6.33. The molecule has 5 aromatic rings. The molecular weight excluding hydrogens is 480 g/mol. The molecule has 0 bridgehead atoms. The van der Waals surface area contributed by atoms with E-state index in [4.69, 9.17) is 13.6 Å². The second-order valence-electron chi connectivity index (χ2n) is 8.62. The van der Waals surface area contributed by atoms with Gasteiger partial charge in [-0.05, 0) is 30.3 Å². The maximum atomic E-state index is 13.2. The van der Waals surface area contributed by atoms with Crippen molar-refractivity contribution < 1.29 is 38.8 Å². The zero-order chi connectivity index (χ0) is 25.8. The van der Waals surface area contributed by atoms with Crippen molar-refractivity contribution in [1.29, 1.82) is 0 Å². The zero-order valence-corrected chi connectivity index (χ0v) is 19.0. The van der Waals surface area contributed by atoms with Crippen LogP contribution in [-0.4, -0.2) is 26.4 Å². The highest BCUT2D eigenvalue weighted by Gasteiger charge is 2.36. The number of phenolic OH excluding ortho intramolecular Hbond substituents is 3. The number of phenols is 3. The van der Waals surface area contributed by atoms with Crippen LogP contribution in [0, 0.1) is 0 Å². The predicted octanol–water partition coefficient (Wildman–Crippen LogP) is 4.98. The summed E-state index contributed by atoms with van der Waals surface area (Å²) in [5, 5.41) is 40.5. The minimum atomic E-state index is -0.927. The molecule has 0 saturated carbocycles. The van der Waals surface area contributed by atoms with Crippen molar-refractivity contribution in [1.82, 2.24) is 0 Å². The van der Waals surface area contributed by atoms with Crippen molar-refractivity contribution in [3.8, 4) is 51.4 Å². The van der Waals surface area contributed by atoms with Crippen LogP contribution < -0.4 is 10.2 Å². The van der Waals surface area contributed by atoms with Crippen molar-refractivity contribution in [2.45, 2.75) is 12.3 Å². The van der Waals surface area contributed by atoms with Crippen LogP contribution in [0.15, 0.2) is 80.4 Å². The Morgan fingerprint density at radius 1 is 0.757 bits per heavy atom. The zero-order valence-electron chi connectivity index (χ0n) is 19.0. The molecule has 4 N–H and O–H groups in total. The van der Waals surface area contributed by atoms with Crippen LogP contribution in [0.1, 0.15) is 23.7 Å². The van der Waals surface area contributed by atoms with Crippen LogP contribution in [-0.2, 0) is 4.79 Å². The first-order valence-corrected chi connectivity index (χ1v) is 11.3. The maximum Gasteiger partial charge on any atom is 0.312 e. The van der Waals surface area contributed by atoms with E-state index in [0.29, 0.717) is 11.5 Å². The van der Waals surface area contributed by atoms with Gasteiger partial charge >= 0.3 is 5.97 Å². The van der Waals surface area contributed by atoms with Crippen molar-refractivity contribution in [2.75, 3.05) is 0 Å². The summed E-state index contributed by atoms with van der Waals surface area (Å²) in [7, 11) is 0. The van der Waals surface area contributed by atoms with Crippen LogP contribution in [0.3, 0.4) is 0 Å². The summed E-state index contributed by atoms with van der Waals surface area (Å²) >= 11 is 0. The van der Waals surface area contributed by atoms with Crippen molar-refractivity contribution in [3.05, 3.63) is 88.3 Å². The van der Waals surface area contributed by atoms with Crippen LogP contribution >= 0.6 is 0 Å². The lowest BCUT2D eigenvalue weighted by Crippen LogP contribution is -2.21. The Hall–Kier alpha value is -5.18. The summed E-state index contributed by atoms with van der Waals surface area (Å²) < 4.78 is 17.4. The molecule has 9 nitrogen and oxygen atoms in total. The van der Waals surface area contributed by atoms with Crippen LogP contribution in [0.2, 0.25) is 0 Å². The van der Waals surface area contributed by atoms with E-state index in [0.717, 1.165) is 17.7 Å². The molecule has 0 saturated heterocycles. The van der Waals surface area contributed by atoms with E-state index in [1.165, 1.54) is 12.1 Å². The second-order valence-corrected chi connectivity index (χ2v) is 8.62. The first-order valence-electron chi connectivity index (χ1n) is 11.3. The molecule has 3 heterocycles. The second kappa shape index (κ2) is 8.20. The number of esters is 1. The molecule has 1 aliphatic rings. The van der Waals surface area contributed by atoms with Gasteiger partial charge in [-0.1, -0.05) is 30.3 Å². The molecule has 0 fully saturated rings. The van der Waals surface area contributed by atoms with E-state index in [1.807, 2.05) is 30.3 Å². The normalized spacial score (nSPS) is 14.9. The average Bonchev–Trinajstić information content (AvgIpc) is 3.38. The number of hydrogen-bond donors (Lipinski definition) is 4. The van der Waals surface area contributed by atoms with E-state index in [1.54, 1.807) is 12.1 Å². The van der Waals surface area contributed by atoms with Gasteiger partial charge in [-0.15, -0.1) is 0 Å². The maximum absolute atomic E-state index is 13.2. The fraction of sp³-hybridized carbons (Fsp3) is 0.0714. The van der Waals surface area contributed by atoms with E-state index < -0.39 is 40.3 Å². The Bertz CT molecular complexity index is 1760. The van der Waals surface area contributed by atoms with Gasteiger partial charge in [-0.25, -0.2) is 0 Å². The molecule has 1 unspecified atom stereocenters. The molecule has 1 aliphatic heterocycles. The number of rotatable bonds is 3. The molecule has 1 atom stereocenters. The highest BCUT2D eigenvalue weighted by molar-refractivity contribution is 5.94. The quantitative estimate of drug-likeness (QED) is 0.153. The summed E-state index contributed by atoms with van der Waals surface area (Å²) in [6.07, 6.45) is -0.130. The van der Waals surface area contributed by atoms with Gasteiger partial charge in [0.2, 0.25) is 11.2 Å². The fourth-order valence-electron chi connectivity index (χ4n) is 4.58. The topological polar surface area (TPSA) is 151 Å². The van der Waals surface area contributed by atoms with Gasteiger partial charge in [0.1, 0.15) is 34.0 Å². The fourth-order valence-corrected chi connectivity index (χ4v) is 4.58. The van der Waals surface area contributed by atoms with E-state index in [2.05, 4.69) is 0 Å². The van der Waals surface area contributed by atoms with E-state index >= 15 is 0 Å². The SMILES string of the molecule is O=C1CC(c2ccc(-c3ccccc3)o2)c2c(cc(O)c3c(=O)c(O)c(-c4ccc(O)c(O)c4)oc23)O1. The molecule has 6 rings (SSSR count). The molecule has 9 heteroatoms. The summed E-state index contributed by atoms with van der Waals surface area (Å²) in [5.74, 6) is -2.89. The Morgan fingerprint density at radius 3 is 2.30 bits per heavy atom. The summed E-state index contributed by atoms with van der Waals surface area (Å²) in [4.78, 5) is 25.6. The van der Waals surface area contributed by atoms with Gasteiger partial charge in [0, 0.05) is 22.8 Å². The Balaban J connectivity index is 1.60. The van der Waals surface area contributed by atoms with Crippen LogP contribution in [0.25, 0.3) is 33.6 Å². The van der Waals surface area contributed by atoms with Gasteiger partial charge in [0.25, 0.3) is 0 Å². The number of aromatic hydroxyl groups is 4. The van der Waals surface area contributed by atoms with Crippen molar-refractivity contribution in [2.24, 2.45) is 0 Å². The van der Waals surface area contributed by atoms with Gasteiger partial charge in [0.05, 0.1) is 12.3 Å². The number of hydrogen-bond acceptors (Lipinski definition) is 9. The Morgan fingerprint density at radius 2 is 1.54 bits per heavy atom. The number of ether oxygens (including phenoxy) is 1. The third kappa shape index (κ3) is 3.56. The molecular formula is C28H18O9. The number of fused-ring (bicyclic) bond motifs is 3.